The van der Waals surface area contributed by atoms with Crippen molar-refractivity contribution in [3.05, 3.63) is 0 Å². The van der Waals surface area contributed by atoms with Crippen molar-refractivity contribution < 1.29 is 10.3 Å². The van der Waals surface area contributed by atoms with Crippen molar-refractivity contribution in [2.24, 2.45) is 23.6 Å². The molecule has 2 rings (SSSR count). The van der Waals surface area contributed by atoms with Gasteiger partial charge in [-0.25, -0.2) is 0 Å². The quantitative estimate of drug-likeness (QED) is 0.632. The molecule has 2 saturated carbocycles. The molecule has 2 aliphatic carbocycles. The molecular weight excluding hydrogens is 220 g/mol. The predicted molar refractivity (Wildman–Crippen MR) is 76.5 cm³/mol. The van der Waals surface area contributed by atoms with Crippen LogP contribution >= 0.6 is 0 Å². The second-order valence-electron chi connectivity index (χ2n) is 6.06. The summed E-state index contributed by atoms with van der Waals surface area (Å²) < 4.78 is 33.3. The Morgan fingerprint density at radius 2 is 1.89 bits per heavy atom. The Bertz CT molecular complexity index is 379. The van der Waals surface area contributed by atoms with Gasteiger partial charge >= 0.3 is 0 Å². The van der Waals surface area contributed by atoms with E-state index in [4.69, 9.17) is 5.48 Å². The zero-order chi connectivity index (χ0) is 16.4. The molecule has 0 aromatic rings. The lowest BCUT2D eigenvalue weighted by Gasteiger charge is -2.37. The van der Waals surface area contributed by atoms with E-state index >= 15 is 0 Å². The first kappa shape index (κ1) is 9.55. The number of aldehydes is 1. The summed E-state index contributed by atoms with van der Waals surface area (Å²) in [6.07, 6.45) is 6.10. The molecule has 1 heteroatoms. The van der Waals surface area contributed by atoms with Gasteiger partial charge in [-0.2, -0.15) is 0 Å². The van der Waals surface area contributed by atoms with Gasteiger partial charge in [0.05, 0.1) is 0 Å². The topological polar surface area (TPSA) is 17.1 Å². The molecule has 2 aliphatic rings. The summed E-state index contributed by atoms with van der Waals surface area (Å²) in [5.74, 6) is -0.0952. The van der Waals surface area contributed by atoms with Gasteiger partial charge in [-0.15, -0.1) is 0 Å². The van der Waals surface area contributed by atoms with Crippen molar-refractivity contribution in [1.29, 1.82) is 0 Å². The van der Waals surface area contributed by atoms with E-state index in [1.165, 1.54) is 25.7 Å². The Kier molecular flexibility index (Phi) is 3.88. The molecule has 0 heterocycles. The van der Waals surface area contributed by atoms with E-state index in [1.54, 1.807) is 0 Å². The van der Waals surface area contributed by atoms with Crippen molar-refractivity contribution in [2.45, 2.75) is 77.5 Å². The Labute approximate surface area is 118 Å². The van der Waals surface area contributed by atoms with Gasteiger partial charge in [0.1, 0.15) is 6.29 Å². The maximum absolute atomic E-state index is 10.8. The molecule has 0 spiro atoms. The van der Waals surface area contributed by atoms with E-state index in [9.17, 15) is 4.79 Å². The Morgan fingerprint density at radius 3 is 2.56 bits per heavy atom. The maximum Gasteiger partial charge on any atom is 0.120 e. The fraction of sp³-hybridized carbons (Fsp3) is 0.941. The van der Waals surface area contributed by atoms with Crippen LogP contribution in [0, 0.1) is 23.6 Å². The van der Waals surface area contributed by atoms with Crippen molar-refractivity contribution in [3.63, 3.8) is 0 Å². The second-order valence-corrected chi connectivity index (χ2v) is 6.06. The number of carbonyl (C=O) groups excluding carboxylic acids is 1. The van der Waals surface area contributed by atoms with Crippen LogP contribution in [0.1, 0.15) is 83.0 Å². The monoisotopic (exact) mass is 254 g/mol. The average molecular weight is 254 g/mol. The normalized spacial score (nSPS) is 51.6. The van der Waals surface area contributed by atoms with Gasteiger partial charge in [-0.3, -0.25) is 0 Å². The zero-order valence-corrected chi connectivity index (χ0v) is 11.7. The van der Waals surface area contributed by atoms with Gasteiger partial charge < -0.3 is 4.79 Å². The summed E-state index contributed by atoms with van der Waals surface area (Å²) >= 11 is 0. The van der Waals surface area contributed by atoms with Gasteiger partial charge in [0, 0.05) is 11.9 Å². The summed E-state index contributed by atoms with van der Waals surface area (Å²) in [4.78, 5) is 10.8. The van der Waals surface area contributed by atoms with Crippen molar-refractivity contribution in [1.82, 2.24) is 0 Å². The van der Waals surface area contributed by atoms with Crippen LogP contribution in [0.25, 0.3) is 0 Å². The summed E-state index contributed by atoms with van der Waals surface area (Å²) in [6.45, 7) is 2.22. The van der Waals surface area contributed by atoms with Crippen molar-refractivity contribution in [3.8, 4) is 0 Å². The Morgan fingerprint density at radius 1 is 1.17 bits per heavy atom. The first-order valence-electron chi connectivity index (χ1n) is 9.79. The highest BCUT2D eigenvalue weighted by Crippen LogP contribution is 2.42. The number of hydrogen-bond acceptors (Lipinski definition) is 1. The molecule has 0 aliphatic heterocycles. The van der Waals surface area contributed by atoms with E-state index in [2.05, 4.69) is 6.92 Å². The molecule has 1 nitrogen and oxygen atoms in total. The molecule has 3 atom stereocenters. The molecule has 0 N–H and O–H groups in total. The third-order valence-corrected chi connectivity index (χ3v) is 4.80. The standard InChI is InChI=1S/C17H30O/c1-2-3-14-4-8-16(9-5-14)17-10-6-15(7-11-17)12-13-18/h13-17H,2-12H2,1H3/i6D2,10D,15D. The Balaban J connectivity index is 2.02. The summed E-state index contributed by atoms with van der Waals surface area (Å²) in [5.41, 5.74) is 0. The molecule has 0 aromatic carbocycles. The third-order valence-electron chi connectivity index (χ3n) is 4.80. The summed E-state index contributed by atoms with van der Waals surface area (Å²) in [5, 5.41) is 0. The predicted octanol–water partition coefficient (Wildman–Crippen LogP) is 4.99. The lowest BCUT2D eigenvalue weighted by atomic mass is 9.68. The van der Waals surface area contributed by atoms with Gasteiger partial charge in [0.2, 0.25) is 0 Å². The average Bonchev–Trinajstić information content (AvgIpc) is 2.48. The first-order valence-corrected chi connectivity index (χ1v) is 7.71. The fourth-order valence-corrected chi connectivity index (χ4v) is 3.67. The van der Waals surface area contributed by atoms with Crippen LogP contribution < -0.4 is 0 Å². The summed E-state index contributed by atoms with van der Waals surface area (Å²) in [6, 6.07) is 0. The van der Waals surface area contributed by atoms with Crippen LogP contribution in [0.2, 0.25) is 0 Å². The minimum Gasteiger partial charge on any atom is -0.303 e. The fourth-order valence-electron chi connectivity index (χ4n) is 3.67. The minimum absolute atomic E-state index is 0.0581. The zero-order valence-electron chi connectivity index (χ0n) is 15.7. The lowest BCUT2D eigenvalue weighted by Crippen LogP contribution is -2.26. The highest BCUT2D eigenvalue weighted by Gasteiger charge is 2.30. The molecular formula is C17H30O. The van der Waals surface area contributed by atoms with Crippen LogP contribution in [0.4, 0.5) is 0 Å². The number of hydrogen-bond donors (Lipinski definition) is 0. The van der Waals surface area contributed by atoms with Gasteiger partial charge in [0.25, 0.3) is 0 Å². The molecule has 2 fully saturated rings. The van der Waals surface area contributed by atoms with E-state index in [0.717, 1.165) is 25.2 Å². The molecule has 3 unspecified atom stereocenters. The molecule has 104 valence electrons. The molecule has 0 radical (unpaired) electrons. The minimum atomic E-state index is -1.89. The molecule has 0 amide bonds. The van der Waals surface area contributed by atoms with E-state index < -0.39 is 18.7 Å². The molecule has 0 bridgehead atoms. The highest BCUT2D eigenvalue weighted by molar-refractivity contribution is 5.49. The van der Waals surface area contributed by atoms with Crippen LogP contribution in [0.3, 0.4) is 0 Å². The third kappa shape index (κ3) is 3.83. The van der Waals surface area contributed by atoms with E-state index in [1.807, 2.05) is 0 Å². The summed E-state index contributed by atoms with van der Waals surface area (Å²) in [7, 11) is 0. The van der Waals surface area contributed by atoms with E-state index in [0.29, 0.717) is 18.6 Å². The number of rotatable bonds is 5. The highest BCUT2D eigenvalue weighted by atomic mass is 16.1. The first-order chi connectivity index (χ1) is 10.4. The van der Waals surface area contributed by atoms with Gasteiger partial charge in [-0.1, -0.05) is 32.6 Å². The van der Waals surface area contributed by atoms with Gasteiger partial charge in [0.15, 0.2) is 0 Å². The van der Waals surface area contributed by atoms with Crippen LogP contribution in [0.5, 0.6) is 0 Å². The smallest absolute Gasteiger partial charge is 0.120 e. The largest absolute Gasteiger partial charge is 0.303 e. The molecule has 0 aromatic heterocycles. The van der Waals surface area contributed by atoms with E-state index in [-0.39, 0.29) is 12.3 Å². The van der Waals surface area contributed by atoms with Crippen LogP contribution in [0.15, 0.2) is 0 Å². The second kappa shape index (κ2) is 7.31. The Hall–Kier alpha value is -0.330. The van der Waals surface area contributed by atoms with Crippen molar-refractivity contribution >= 4 is 6.29 Å². The maximum atomic E-state index is 10.8. The SMILES string of the molecule is [2H]C1C(C2CCC(CCC)CC2)CCC([2H])(CC=O)C1([2H])[2H]. The van der Waals surface area contributed by atoms with Crippen LogP contribution in [-0.4, -0.2) is 6.29 Å². The molecule has 18 heavy (non-hydrogen) atoms. The van der Waals surface area contributed by atoms with Crippen molar-refractivity contribution in [2.75, 3.05) is 0 Å². The van der Waals surface area contributed by atoms with Gasteiger partial charge in [-0.05, 0) is 62.1 Å². The van der Waals surface area contributed by atoms with Crippen LogP contribution in [-0.2, 0) is 4.79 Å². The number of carbonyl (C=O) groups is 1. The lowest BCUT2D eigenvalue weighted by molar-refractivity contribution is -0.108. The molecule has 0 saturated heterocycles.